The maximum absolute atomic E-state index is 11.2. The Morgan fingerprint density at radius 3 is 2.60 bits per heavy atom. The second-order valence-electron chi connectivity index (χ2n) is 2.93. The molecule has 0 rings (SSSR count). The minimum atomic E-state index is -1.20. The van der Waals surface area contributed by atoms with Gasteiger partial charge in [0, 0.05) is 0 Å². The highest BCUT2D eigenvalue weighted by Crippen LogP contribution is 2.07. The molecule has 0 heterocycles. The van der Waals surface area contributed by atoms with Crippen LogP contribution in [0.1, 0.15) is 19.8 Å². The fourth-order valence-corrected chi connectivity index (χ4v) is 1.88. The molecule has 0 saturated carbocycles. The van der Waals surface area contributed by atoms with Crippen LogP contribution in [0.15, 0.2) is 0 Å². The van der Waals surface area contributed by atoms with Gasteiger partial charge in [0.1, 0.15) is 6.04 Å². The summed E-state index contributed by atoms with van der Waals surface area (Å²) in [6.07, 6.45) is 0.328. The van der Waals surface area contributed by atoms with Gasteiger partial charge < -0.3 is 15.2 Å². The maximum atomic E-state index is 11.2. The number of thioether (sulfide) groups is 1. The minimum absolute atomic E-state index is 0.462. The molecule has 0 aromatic rings. The summed E-state index contributed by atoms with van der Waals surface area (Å²) in [5, 5.41) is 10.6. The Hall–Kier alpha value is -0.910. The van der Waals surface area contributed by atoms with Crippen molar-refractivity contribution >= 4 is 23.8 Å². The van der Waals surface area contributed by atoms with Crippen molar-refractivity contribution in [3.8, 4) is 0 Å². The topological polar surface area (TPSA) is 75.6 Å². The van der Waals surface area contributed by atoms with Crippen LogP contribution in [0.25, 0.3) is 0 Å². The largest absolute Gasteiger partial charge is 0.467 e. The van der Waals surface area contributed by atoms with Crippen molar-refractivity contribution in [1.29, 1.82) is 0 Å². The maximum Gasteiger partial charge on any atom is 0.405 e. The Balaban J connectivity index is 3.90. The van der Waals surface area contributed by atoms with E-state index in [1.165, 1.54) is 7.11 Å². The molecule has 0 fully saturated rings. The van der Waals surface area contributed by atoms with E-state index in [1.807, 2.05) is 0 Å². The first kappa shape index (κ1) is 14.1. The summed E-state index contributed by atoms with van der Waals surface area (Å²) in [5.41, 5.74) is 0. The first-order valence-corrected chi connectivity index (χ1v) is 5.92. The zero-order valence-electron chi connectivity index (χ0n) is 8.99. The highest BCUT2D eigenvalue weighted by molar-refractivity contribution is 7.99. The lowest BCUT2D eigenvalue weighted by Crippen LogP contribution is -2.41. The van der Waals surface area contributed by atoms with Gasteiger partial charge >= 0.3 is 12.1 Å². The van der Waals surface area contributed by atoms with Gasteiger partial charge in [0.25, 0.3) is 0 Å². The van der Waals surface area contributed by atoms with Crippen molar-refractivity contribution in [2.45, 2.75) is 25.8 Å². The summed E-state index contributed by atoms with van der Waals surface area (Å²) < 4.78 is 4.50. The molecule has 0 aliphatic carbocycles. The lowest BCUT2D eigenvalue weighted by atomic mass is 10.2. The number of rotatable bonds is 7. The van der Waals surface area contributed by atoms with Crippen molar-refractivity contribution in [3.63, 3.8) is 0 Å². The van der Waals surface area contributed by atoms with Crippen LogP contribution in [0.4, 0.5) is 4.79 Å². The van der Waals surface area contributed by atoms with Crippen LogP contribution >= 0.6 is 11.8 Å². The van der Waals surface area contributed by atoms with Crippen molar-refractivity contribution in [3.05, 3.63) is 0 Å². The highest BCUT2D eigenvalue weighted by Gasteiger charge is 2.20. The van der Waals surface area contributed by atoms with E-state index in [-0.39, 0.29) is 0 Å². The van der Waals surface area contributed by atoms with Crippen LogP contribution in [0.5, 0.6) is 0 Å². The van der Waals surface area contributed by atoms with E-state index in [2.05, 4.69) is 17.0 Å². The quantitative estimate of drug-likeness (QED) is 0.514. The smallest absolute Gasteiger partial charge is 0.405 e. The molecule has 0 radical (unpaired) electrons. The van der Waals surface area contributed by atoms with E-state index < -0.39 is 18.1 Å². The fourth-order valence-electron chi connectivity index (χ4n) is 0.988. The molecule has 0 aliphatic rings. The van der Waals surface area contributed by atoms with E-state index in [1.54, 1.807) is 11.8 Å². The number of nitrogens with one attached hydrogen (secondary N) is 1. The van der Waals surface area contributed by atoms with E-state index in [0.29, 0.717) is 6.42 Å². The molecule has 1 atom stereocenters. The average molecular weight is 235 g/mol. The van der Waals surface area contributed by atoms with Crippen molar-refractivity contribution in [2.24, 2.45) is 0 Å². The summed E-state index contributed by atoms with van der Waals surface area (Å²) in [5.74, 6) is 1.23. The average Bonchev–Trinajstić information content (AvgIpc) is 2.21. The molecule has 15 heavy (non-hydrogen) atoms. The predicted molar refractivity (Wildman–Crippen MR) is 59.2 cm³/mol. The number of carboxylic acid groups (broad SMARTS) is 1. The predicted octanol–water partition coefficient (Wildman–Crippen LogP) is 1.33. The number of hydrogen-bond donors (Lipinski definition) is 2. The highest BCUT2D eigenvalue weighted by atomic mass is 32.2. The van der Waals surface area contributed by atoms with Gasteiger partial charge in [-0.1, -0.05) is 6.92 Å². The van der Waals surface area contributed by atoms with Gasteiger partial charge in [0.2, 0.25) is 0 Å². The van der Waals surface area contributed by atoms with Gasteiger partial charge in [-0.25, -0.2) is 9.59 Å². The van der Waals surface area contributed by atoms with Crippen LogP contribution in [-0.4, -0.2) is 41.8 Å². The Kier molecular flexibility index (Phi) is 7.89. The number of carbonyl (C=O) groups is 2. The molecule has 5 nitrogen and oxygen atoms in total. The number of methoxy groups -OCH3 is 1. The monoisotopic (exact) mass is 235 g/mol. The van der Waals surface area contributed by atoms with Crippen LogP contribution in [0.2, 0.25) is 0 Å². The molecule has 0 aromatic carbocycles. The van der Waals surface area contributed by atoms with E-state index >= 15 is 0 Å². The van der Waals surface area contributed by atoms with Crippen molar-refractivity contribution in [2.75, 3.05) is 18.6 Å². The van der Waals surface area contributed by atoms with Crippen LogP contribution in [-0.2, 0) is 9.53 Å². The number of amides is 1. The molecule has 0 aromatic heterocycles. The summed E-state index contributed by atoms with van der Waals surface area (Å²) in [7, 11) is 1.25. The summed E-state index contributed by atoms with van der Waals surface area (Å²) >= 11 is 1.70. The van der Waals surface area contributed by atoms with Gasteiger partial charge in [-0.2, -0.15) is 11.8 Å². The third-order valence-electron chi connectivity index (χ3n) is 1.68. The first-order chi connectivity index (χ1) is 7.11. The lowest BCUT2D eigenvalue weighted by Gasteiger charge is -2.13. The summed E-state index contributed by atoms with van der Waals surface area (Å²) in [4.78, 5) is 21.5. The molecule has 0 bridgehead atoms. The van der Waals surface area contributed by atoms with Crippen molar-refractivity contribution < 1.29 is 19.4 Å². The number of ether oxygens (including phenoxy) is 1. The zero-order valence-corrected chi connectivity index (χ0v) is 9.80. The summed E-state index contributed by atoms with van der Waals surface area (Å²) in [6.45, 7) is 2.07. The molecule has 0 unspecified atom stereocenters. The zero-order chi connectivity index (χ0) is 11.7. The number of hydrogen-bond acceptors (Lipinski definition) is 4. The lowest BCUT2D eigenvalue weighted by molar-refractivity contribution is -0.143. The second-order valence-corrected chi connectivity index (χ2v) is 4.15. The van der Waals surface area contributed by atoms with Crippen LogP contribution in [0.3, 0.4) is 0 Å². The van der Waals surface area contributed by atoms with E-state index in [0.717, 1.165) is 17.9 Å². The third-order valence-corrected chi connectivity index (χ3v) is 2.90. The minimum Gasteiger partial charge on any atom is -0.467 e. The van der Waals surface area contributed by atoms with Crippen LogP contribution < -0.4 is 5.32 Å². The van der Waals surface area contributed by atoms with E-state index in [9.17, 15) is 9.59 Å². The first-order valence-electron chi connectivity index (χ1n) is 4.76. The van der Waals surface area contributed by atoms with Gasteiger partial charge in [0.05, 0.1) is 7.11 Å². The Labute approximate surface area is 93.6 Å². The molecule has 88 valence electrons. The Bertz CT molecular complexity index is 210. The van der Waals surface area contributed by atoms with Gasteiger partial charge in [-0.05, 0) is 24.3 Å². The molecule has 0 spiro atoms. The second kappa shape index (κ2) is 8.40. The molecular formula is C9H17NO4S. The molecule has 2 N–H and O–H groups in total. The van der Waals surface area contributed by atoms with E-state index in [4.69, 9.17) is 5.11 Å². The molecule has 0 aliphatic heterocycles. The number of esters is 1. The summed E-state index contributed by atoms with van der Waals surface area (Å²) in [6, 6.07) is -0.753. The SMILES string of the molecule is CCCSCC[C@H](NC(=O)O)C(=O)OC. The molecule has 0 saturated heterocycles. The number of carbonyl (C=O) groups excluding carboxylic acids is 1. The van der Waals surface area contributed by atoms with Crippen molar-refractivity contribution in [1.82, 2.24) is 5.32 Å². The van der Waals surface area contributed by atoms with Gasteiger partial charge in [-0.3, -0.25) is 0 Å². The van der Waals surface area contributed by atoms with Gasteiger partial charge in [0.15, 0.2) is 0 Å². The molecular weight excluding hydrogens is 218 g/mol. The standard InChI is InChI=1S/C9H17NO4S/c1-3-5-15-6-4-7(8(11)14-2)10-9(12)13/h7,10H,3-6H2,1-2H3,(H,12,13)/t7-/m0/s1. The molecule has 1 amide bonds. The molecule has 6 heteroatoms. The Morgan fingerprint density at radius 1 is 1.47 bits per heavy atom. The van der Waals surface area contributed by atoms with Crippen LogP contribution in [0, 0.1) is 0 Å². The normalized spacial score (nSPS) is 11.9. The van der Waals surface area contributed by atoms with Gasteiger partial charge in [-0.15, -0.1) is 0 Å². The fraction of sp³-hybridized carbons (Fsp3) is 0.778. The third kappa shape index (κ3) is 7.07. The Morgan fingerprint density at radius 2 is 2.13 bits per heavy atom.